The summed E-state index contributed by atoms with van der Waals surface area (Å²) in [5, 5.41) is 2.76. The second-order valence-corrected chi connectivity index (χ2v) is 4.44. The van der Waals surface area contributed by atoms with E-state index in [1.165, 1.54) is 19.8 Å². The number of hydrogen-bond acceptors (Lipinski definition) is 3. The Kier molecular flexibility index (Phi) is 3.96. The fraction of sp³-hybridized carbons (Fsp3) is 0.538. The van der Waals surface area contributed by atoms with Crippen molar-refractivity contribution in [2.24, 2.45) is 0 Å². The number of rotatable bonds is 4. The Morgan fingerprint density at radius 1 is 1.53 bits per heavy atom. The number of ether oxygens (including phenoxy) is 1. The zero-order chi connectivity index (χ0) is 12.1. The quantitative estimate of drug-likeness (QED) is 0.867. The van der Waals surface area contributed by atoms with E-state index in [0.29, 0.717) is 18.5 Å². The minimum atomic E-state index is -0.0277. The van der Waals surface area contributed by atoms with Gasteiger partial charge in [-0.3, -0.25) is 4.79 Å². The van der Waals surface area contributed by atoms with E-state index >= 15 is 0 Å². The van der Waals surface area contributed by atoms with Gasteiger partial charge in [0, 0.05) is 25.7 Å². The average molecular weight is 234 g/mol. The second-order valence-electron chi connectivity index (χ2n) is 4.44. The van der Waals surface area contributed by atoms with Gasteiger partial charge in [-0.2, -0.15) is 0 Å². The fourth-order valence-electron chi connectivity index (χ4n) is 2.03. The number of hydrogen-bond donors (Lipinski definition) is 1. The predicted molar refractivity (Wildman–Crippen MR) is 64.6 cm³/mol. The monoisotopic (exact) mass is 234 g/mol. The third kappa shape index (κ3) is 3.73. The van der Waals surface area contributed by atoms with Gasteiger partial charge in [0.05, 0.1) is 0 Å². The van der Waals surface area contributed by atoms with Crippen LogP contribution in [-0.4, -0.2) is 17.0 Å². The zero-order valence-electron chi connectivity index (χ0n) is 10.1. The van der Waals surface area contributed by atoms with Crippen molar-refractivity contribution >= 4 is 5.91 Å². The SMILES string of the molecule is CC(=O)NCc1ccnc(OC2CCCC2)c1. The highest BCUT2D eigenvalue weighted by Gasteiger charge is 2.16. The molecule has 0 unspecified atom stereocenters. The highest BCUT2D eigenvalue weighted by atomic mass is 16.5. The maximum atomic E-state index is 10.8. The van der Waals surface area contributed by atoms with Crippen LogP contribution in [0, 0.1) is 0 Å². The first-order valence-electron chi connectivity index (χ1n) is 6.10. The summed E-state index contributed by atoms with van der Waals surface area (Å²) < 4.78 is 5.80. The third-order valence-electron chi connectivity index (χ3n) is 2.93. The van der Waals surface area contributed by atoms with Crippen molar-refractivity contribution in [2.75, 3.05) is 0 Å². The van der Waals surface area contributed by atoms with Crippen LogP contribution in [0.5, 0.6) is 5.88 Å². The summed E-state index contributed by atoms with van der Waals surface area (Å²) in [5.74, 6) is 0.639. The van der Waals surface area contributed by atoms with Crippen LogP contribution < -0.4 is 10.1 Å². The molecule has 1 aromatic rings. The van der Waals surface area contributed by atoms with Crippen LogP contribution in [0.4, 0.5) is 0 Å². The van der Waals surface area contributed by atoms with E-state index in [4.69, 9.17) is 4.74 Å². The lowest BCUT2D eigenvalue weighted by Gasteiger charge is -2.12. The van der Waals surface area contributed by atoms with Crippen LogP contribution >= 0.6 is 0 Å². The number of nitrogens with zero attached hydrogens (tertiary/aromatic N) is 1. The lowest BCUT2D eigenvalue weighted by Crippen LogP contribution is -2.19. The maximum Gasteiger partial charge on any atom is 0.217 e. The molecule has 1 amide bonds. The molecule has 2 rings (SSSR count). The molecular weight excluding hydrogens is 216 g/mol. The Balaban J connectivity index is 1.93. The molecular formula is C13H18N2O2. The number of carbonyl (C=O) groups excluding carboxylic acids is 1. The summed E-state index contributed by atoms with van der Waals surface area (Å²) in [6.07, 6.45) is 6.78. The van der Waals surface area contributed by atoms with Crippen LogP contribution in [0.25, 0.3) is 0 Å². The Bertz CT molecular complexity index is 387. The molecule has 1 heterocycles. The van der Waals surface area contributed by atoms with Gasteiger partial charge in [0.25, 0.3) is 0 Å². The van der Waals surface area contributed by atoms with E-state index < -0.39 is 0 Å². The van der Waals surface area contributed by atoms with E-state index in [0.717, 1.165) is 18.4 Å². The minimum Gasteiger partial charge on any atom is -0.474 e. The largest absolute Gasteiger partial charge is 0.474 e. The lowest BCUT2D eigenvalue weighted by molar-refractivity contribution is -0.119. The molecule has 0 saturated heterocycles. The van der Waals surface area contributed by atoms with Gasteiger partial charge in [-0.15, -0.1) is 0 Å². The molecule has 0 atom stereocenters. The smallest absolute Gasteiger partial charge is 0.217 e. The molecule has 1 N–H and O–H groups in total. The second kappa shape index (κ2) is 5.66. The van der Waals surface area contributed by atoms with Gasteiger partial charge in [0.2, 0.25) is 11.8 Å². The summed E-state index contributed by atoms with van der Waals surface area (Å²) in [7, 11) is 0. The Labute approximate surface area is 101 Å². The number of pyridine rings is 1. The molecule has 0 aromatic carbocycles. The highest BCUT2D eigenvalue weighted by Crippen LogP contribution is 2.23. The van der Waals surface area contributed by atoms with Gasteiger partial charge in [0.15, 0.2) is 0 Å². The molecule has 1 saturated carbocycles. The van der Waals surface area contributed by atoms with Crippen molar-refractivity contribution in [2.45, 2.75) is 45.3 Å². The molecule has 1 aromatic heterocycles. The number of amides is 1. The summed E-state index contributed by atoms with van der Waals surface area (Å²) in [4.78, 5) is 15.0. The Hall–Kier alpha value is -1.58. The van der Waals surface area contributed by atoms with Crippen LogP contribution in [0.3, 0.4) is 0 Å². The molecule has 0 radical (unpaired) electrons. The zero-order valence-corrected chi connectivity index (χ0v) is 10.1. The summed E-state index contributed by atoms with van der Waals surface area (Å²) in [6, 6.07) is 3.78. The molecule has 1 aliphatic carbocycles. The standard InChI is InChI=1S/C13H18N2O2/c1-10(16)15-9-11-6-7-14-13(8-11)17-12-4-2-3-5-12/h6-8,12H,2-5,9H2,1H3,(H,15,16). The van der Waals surface area contributed by atoms with E-state index in [1.54, 1.807) is 6.20 Å². The van der Waals surface area contributed by atoms with E-state index in [-0.39, 0.29) is 5.91 Å². The van der Waals surface area contributed by atoms with Gasteiger partial charge in [-0.05, 0) is 37.3 Å². The molecule has 4 nitrogen and oxygen atoms in total. The van der Waals surface area contributed by atoms with E-state index in [1.807, 2.05) is 12.1 Å². The Morgan fingerprint density at radius 2 is 2.29 bits per heavy atom. The van der Waals surface area contributed by atoms with E-state index in [2.05, 4.69) is 10.3 Å². The van der Waals surface area contributed by atoms with Gasteiger partial charge in [-0.1, -0.05) is 0 Å². The first-order chi connectivity index (χ1) is 8.24. The number of aromatic nitrogens is 1. The third-order valence-corrected chi connectivity index (χ3v) is 2.93. The summed E-state index contributed by atoms with van der Waals surface area (Å²) in [5.41, 5.74) is 1.02. The van der Waals surface area contributed by atoms with Gasteiger partial charge < -0.3 is 10.1 Å². The first-order valence-corrected chi connectivity index (χ1v) is 6.10. The topological polar surface area (TPSA) is 51.2 Å². The lowest BCUT2D eigenvalue weighted by atomic mass is 10.2. The van der Waals surface area contributed by atoms with Gasteiger partial charge >= 0.3 is 0 Å². The normalized spacial score (nSPS) is 15.8. The van der Waals surface area contributed by atoms with Crippen molar-refractivity contribution in [1.82, 2.24) is 10.3 Å². The van der Waals surface area contributed by atoms with Gasteiger partial charge in [0.1, 0.15) is 6.10 Å². The maximum absolute atomic E-state index is 10.8. The van der Waals surface area contributed by atoms with Gasteiger partial charge in [-0.25, -0.2) is 4.98 Å². The van der Waals surface area contributed by atoms with E-state index in [9.17, 15) is 4.79 Å². The molecule has 4 heteroatoms. The molecule has 0 bridgehead atoms. The molecule has 1 aliphatic rings. The number of carbonyl (C=O) groups is 1. The predicted octanol–water partition coefficient (Wildman–Crippen LogP) is 2.04. The van der Waals surface area contributed by atoms with Crippen LogP contribution in [0.2, 0.25) is 0 Å². The molecule has 0 spiro atoms. The van der Waals surface area contributed by atoms with Crippen molar-refractivity contribution in [3.63, 3.8) is 0 Å². The molecule has 17 heavy (non-hydrogen) atoms. The van der Waals surface area contributed by atoms with Crippen molar-refractivity contribution in [1.29, 1.82) is 0 Å². The summed E-state index contributed by atoms with van der Waals surface area (Å²) >= 11 is 0. The average Bonchev–Trinajstić information content (AvgIpc) is 2.80. The minimum absolute atomic E-state index is 0.0277. The van der Waals surface area contributed by atoms with Crippen LogP contribution in [-0.2, 0) is 11.3 Å². The summed E-state index contributed by atoms with van der Waals surface area (Å²) in [6.45, 7) is 2.04. The van der Waals surface area contributed by atoms with Crippen molar-refractivity contribution in [3.05, 3.63) is 23.9 Å². The Morgan fingerprint density at radius 3 is 3.00 bits per heavy atom. The molecule has 92 valence electrons. The number of nitrogens with one attached hydrogen (secondary N) is 1. The fourth-order valence-corrected chi connectivity index (χ4v) is 2.03. The van der Waals surface area contributed by atoms with Crippen molar-refractivity contribution < 1.29 is 9.53 Å². The van der Waals surface area contributed by atoms with Crippen molar-refractivity contribution in [3.8, 4) is 5.88 Å². The highest BCUT2D eigenvalue weighted by molar-refractivity contribution is 5.72. The first kappa shape index (κ1) is 11.9. The molecule has 0 aliphatic heterocycles. The molecule has 1 fully saturated rings. The van der Waals surface area contributed by atoms with Crippen LogP contribution in [0.15, 0.2) is 18.3 Å². The van der Waals surface area contributed by atoms with Crippen LogP contribution in [0.1, 0.15) is 38.2 Å².